The van der Waals surface area contributed by atoms with E-state index in [0.29, 0.717) is 24.0 Å². The van der Waals surface area contributed by atoms with Gasteiger partial charge in [-0.05, 0) is 101 Å². The number of nitrogens with one attached hydrogen (secondary N) is 3. The Morgan fingerprint density at radius 2 is 1.56 bits per heavy atom. The van der Waals surface area contributed by atoms with Crippen molar-refractivity contribution in [2.75, 3.05) is 30.9 Å². The number of anilines is 1. The number of likely N-dealkylation sites (tertiary alicyclic amines) is 1. The normalized spacial score (nSPS) is 14.7. The van der Waals surface area contributed by atoms with Gasteiger partial charge in [0.1, 0.15) is 11.3 Å². The number of carbonyl (C=O) groups excluding carboxylic acids is 2. The van der Waals surface area contributed by atoms with E-state index in [-0.39, 0.29) is 22.1 Å². The van der Waals surface area contributed by atoms with Gasteiger partial charge in [-0.1, -0.05) is 37.3 Å². The SMILES string of the molecule is CCN1CCC(CNC(=O)C(C)(C)NC(=O)c2ccc(S(=O)(=O)Nc3ccccc3Oc3ccccc3)cc2)CC1. The highest BCUT2D eigenvalue weighted by atomic mass is 32.2. The molecule has 0 atom stereocenters. The summed E-state index contributed by atoms with van der Waals surface area (Å²) in [5.74, 6) is 0.616. The molecule has 1 aliphatic rings. The lowest BCUT2D eigenvalue weighted by molar-refractivity contribution is -0.126. The van der Waals surface area contributed by atoms with Crippen molar-refractivity contribution < 1.29 is 22.7 Å². The number of hydrogen-bond acceptors (Lipinski definition) is 6. The van der Waals surface area contributed by atoms with Crippen LogP contribution in [0.15, 0.2) is 83.8 Å². The quantitative estimate of drug-likeness (QED) is 0.305. The van der Waals surface area contributed by atoms with E-state index in [4.69, 9.17) is 4.74 Å². The van der Waals surface area contributed by atoms with Crippen molar-refractivity contribution in [1.82, 2.24) is 15.5 Å². The highest BCUT2D eigenvalue weighted by Crippen LogP contribution is 2.31. The lowest BCUT2D eigenvalue weighted by Gasteiger charge is -2.32. The van der Waals surface area contributed by atoms with Crippen LogP contribution in [0.25, 0.3) is 0 Å². The Kier molecular flexibility index (Phi) is 9.67. The molecule has 0 spiro atoms. The van der Waals surface area contributed by atoms with Crippen LogP contribution in [0.4, 0.5) is 5.69 Å². The number of ether oxygens (including phenoxy) is 1. The number of nitrogens with zero attached hydrogens (tertiary/aromatic N) is 1. The molecular weight excluding hydrogens is 540 g/mol. The molecule has 1 fully saturated rings. The molecule has 0 bridgehead atoms. The van der Waals surface area contributed by atoms with Crippen molar-refractivity contribution in [3.63, 3.8) is 0 Å². The Morgan fingerprint density at radius 3 is 2.22 bits per heavy atom. The molecule has 3 aromatic rings. The molecule has 9 nitrogen and oxygen atoms in total. The average Bonchev–Trinajstić information content (AvgIpc) is 2.97. The summed E-state index contributed by atoms with van der Waals surface area (Å²) in [7, 11) is -3.97. The second kappa shape index (κ2) is 13.2. The molecule has 1 aliphatic heterocycles. The second-order valence-electron chi connectivity index (χ2n) is 10.7. The number of carbonyl (C=O) groups is 2. The number of amides is 2. The zero-order valence-electron chi connectivity index (χ0n) is 23.7. The third kappa shape index (κ3) is 8.08. The molecule has 2 amide bonds. The van der Waals surface area contributed by atoms with Gasteiger partial charge in [-0.2, -0.15) is 0 Å². The molecule has 0 aliphatic carbocycles. The topological polar surface area (TPSA) is 117 Å². The Morgan fingerprint density at radius 1 is 0.927 bits per heavy atom. The summed E-state index contributed by atoms with van der Waals surface area (Å²) in [4.78, 5) is 28.2. The van der Waals surface area contributed by atoms with Crippen LogP contribution in [0.5, 0.6) is 11.5 Å². The van der Waals surface area contributed by atoms with Gasteiger partial charge >= 0.3 is 0 Å². The minimum Gasteiger partial charge on any atom is -0.455 e. The Bertz CT molecular complexity index is 1430. The van der Waals surface area contributed by atoms with Gasteiger partial charge in [0.05, 0.1) is 10.6 Å². The largest absolute Gasteiger partial charge is 0.455 e. The van der Waals surface area contributed by atoms with Crippen LogP contribution >= 0.6 is 0 Å². The fourth-order valence-corrected chi connectivity index (χ4v) is 5.69. The Hall–Kier alpha value is -3.89. The van der Waals surface area contributed by atoms with Crippen LogP contribution in [0.2, 0.25) is 0 Å². The molecule has 0 saturated carbocycles. The molecule has 4 rings (SSSR count). The van der Waals surface area contributed by atoms with E-state index in [1.165, 1.54) is 24.3 Å². The van der Waals surface area contributed by atoms with Gasteiger partial charge in [0.15, 0.2) is 5.75 Å². The van der Waals surface area contributed by atoms with E-state index >= 15 is 0 Å². The van der Waals surface area contributed by atoms with E-state index in [1.807, 2.05) is 18.2 Å². The smallest absolute Gasteiger partial charge is 0.262 e. The van der Waals surface area contributed by atoms with E-state index in [9.17, 15) is 18.0 Å². The Balaban J connectivity index is 1.35. The predicted molar refractivity (Wildman–Crippen MR) is 160 cm³/mol. The summed E-state index contributed by atoms with van der Waals surface area (Å²) >= 11 is 0. The van der Waals surface area contributed by atoms with Crippen LogP contribution in [0.3, 0.4) is 0 Å². The molecule has 0 aromatic heterocycles. The molecule has 10 heteroatoms. The molecular formula is C31H38N4O5S. The summed E-state index contributed by atoms with van der Waals surface area (Å²) in [6.07, 6.45) is 2.08. The summed E-state index contributed by atoms with van der Waals surface area (Å²) in [5.41, 5.74) is -0.623. The maximum atomic E-state index is 13.1. The lowest BCUT2D eigenvalue weighted by Crippen LogP contribution is -2.55. The van der Waals surface area contributed by atoms with Gasteiger partial charge < -0.3 is 20.3 Å². The number of benzene rings is 3. The van der Waals surface area contributed by atoms with Gasteiger partial charge in [0, 0.05) is 12.1 Å². The molecule has 0 radical (unpaired) electrons. The van der Waals surface area contributed by atoms with Crippen LogP contribution in [-0.4, -0.2) is 56.9 Å². The first-order chi connectivity index (χ1) is 19.6. The zero-order chi connectivity index (χ0) is 29.5. The first-order valence-corrected chi connectivity index (χ1v) is 15.3. The van der Waals surface area contributed by atoms with Gasteiger partial charge in [-0.3, -0.25) is 14.3 Å². The van der Waals surface area contributed by atoms with E-state index in [0.717, 1.165) is 32.5 Å². The van der Waals surface area contributed by atoms with Crippen LogP contribution in [0.1, 0.15) is 44.0 Å². The van der Waals surface area contributed by atoms with Gasteiger partial charge in [0.2, 0.25) is 5.91 Å². The number of piperidine rings is 1. The van der Waals surface area contributed by atoms with Crippen LogP contribution in [0, 0.1) is 5.92 Å². The van der Waals surface area contributed by atoms with Crippen molar-refractivity contribution in [3.8, 4) is 11.5 Å². The number of sulfonamides is 1. The molecule has 3 N–H and O–H groups in total. The fourth-order valence-electron chi connectivity index (χ4n) is 4.62. The standard InChI is InChI=1S/C31H38N4O5S/c1-4-35-20-18-23(19-21-35)22-32-30(37)31(2,3)33-29(36)24-14-16-26(17-15-24)41(38,39)34-27-12-8-9-13-28(27)40-25-10-6-5-7-11-25/h5-17,23,34H,4,18-22H2,1-3H3,(H,32,37)(H,33,36). The van der Waals surface area contributed by atoms with Gasteiger partial charge in [-0.15, -0.1) is 0 Å². The highest BCUT2D eigenvalue weighted by Gasteiger charge is 2.31. The molecule has 1 saturated heterocycles. The zero-order valence-corrected chi connectivity index (χ0v) is 24.5. The number of para-hydroxylation sites is 3. The van der Waals surface area contributed by atoms with Gasteiger partial charge in [0.25, 0.3) is 15.9 Å². The first kappa shape index (κ1) is 30.1. The molecule has 1 heterocycles. The monoisotopic (exact) mass is 578 g/mol. The summed E-state index contributed by atoms with van der Waals surface area (Å²) in [5, 5.41) is 5.75. The predicted octanol–water partition coefficient (Wildman–Crippen LogP) is 4.64. The highest BCUT2D eigenvalue weighted by molar-refractivity contribution is 7.92. The maximum absolute atomic E-state index is 13.1. The number of hydrogen-bond donors (Lipinski definition) is 3. The Labute approximate surface area is 242 Å². The minimum atomic E-state index is -3.97. The van der Waals surface area contributed by atoms with E-state index in [1.54, 1.807) is 50.2 Å². The maximum Gasteiger partial charge on any atom is 0.262 e. The first-order valence-electron chi connectivity index (χ1n) is 13.9. The molecule has 218 valence electrons. The van der Waals surface area contributed by atoms with Crippen molar-refractivity contribution in [1.29, 1.82) is 0 Å². The van der Waals surface area contributed by atoms with Crippen molar-refractivity contribution in [2.24, 2.45) is 5.92 Å². The average molecular weight is 579 g/mol. The van der Waals surface area contributed by atoms with Crippen molar-refractivity contribution >= 4 is 27.5 Å². The molecule has 0 unspecified atom stereocenters. The molecule has 41 heavy (non-hydrogen) atoms. The van der Waals surface area contributed by atoms with Crippen molar-refractivity contribution in [3.05, 3.63) is 84.4 Å². The third-order valence-electron chi connectivity index (χ3n) is 7.23. The minimum absolute atomic E-state index is 0.0188. The third-order valence-corrected chi connectivity index (χ3v) is 8.61. The lowest BCUT2D eigenvalue weighted by atomic mass is 9.96. The summed E-state index contributed by atoms with van der Waals surface area (Å²) in [6, 6.07) is 21.3. The van der Waals surface area contributed by atoms with E-state index in [2.05, 4.69) is 27.2 Å². The second-order valence-corrected chi connectivity index (χ2v) is 12.4. The fraction of sp³-hybridized carbons (Fsp3) is 0.355. The van der Waals surface area contributed by atoms with E-state index < -0.39 is 21.5 Å². The van der Waals surface area contributed by atoms with Crippen LogP contribution in [-0.2, 0) is 14.8 Å². The summed E-state index contributed by atoms with van der Waals surface area (Å²) in [6.45, 7) is 9.14. The van der Waals surface area contributed by atoms with Crippen molar-refractivity contribution in [2.45, 2.75) is 44.0 Å². The van der Waals surface area contributed by atoms with Crippen LogP contribution < -0.4 is 20.1 Å². The van der Waals surface area contributed by atoms with Gasteiger partial charge in [-0.25, -0.2) is 8.42 Å². The molecule has 3 aromatic carbocycles. The number of rotatable bonds is 11. The summed E-state index contributed by atoms with van der Waals surface area (Å²) < 4.78 is 34.7.